The van der Waals surface area contributed by atoms with Gasteiger partial charge in [-0.05, 0) is 35.9 Å². The Morgan fingerprint density at radius 1 is 0.929 bits per heavy atom. The van der Waals surface area contributed by atoms with Crippen molar-refractivity contribution < 1.29 is 34.2 Å². The van der Waals surface area contributed by atoms with Gasteiger partial charge in [-0.15, -0.1) is 0 Å². The molecule has 142 valence electrons. The highest BCUT2D eigenvalue weighted by Crippen LogP contribution is 2.27. The first-order valence-electron chi connectivity index (χ1n) is 8.07. The maximum Gasteiger partial charge on any atom is 0.335 e. The first-order valence-corrected chi connectivity index (χ1v) is 8.07. The van der Waals surface area contributed by atoms with Gasteiger partial charge in [0.15, 0.2) is 0 Å². The molecular formula is C19H14N2O7. The summed E-state index contributed by atoms with van der Waals surface area (Å²) in [6.07, 6.45) is -0.242. The monoisotopic (exact) mass is 382 g/mol. The van der Waals surface area contributed by atoms with Crippen LogP contribution in [0, 0.1) is 0 Å². The minimum absolute atomic E-state index is 0.0628. The van der Waals surface area contributed by atoms with E-state index in [2.05, 4.69) is 0 Å². The lowest BCUT2D eigenvalue weighted by molar-refractivity contribution is -0.141. The van der Waals surface area contributed by atoms with Crippen LogP contribution in [-0.2, 0) is 11.2 Å². The van der Waals surface area contributed by atoms with E-state index >= 15 is 0 Å². The summed E-state index contributed by atoms with van der Waals surface area (Å²) in [7, 11) is 0. The Labute approximate surface area is 158 Å². The summed E-state index contributed by atoms with van der Waals surface area (Å²) in [6.45, 7) is 0. The van der Waals surface area contributed by atoms with Crippen LogP contribution in [-0.4, -0.2) is 50.8 Å². The molecule has 9 nitrogen and oxygen atoms in total. The Morgan fingerprint density at radius 3 is 2.21 bits per heavy atom. The molecule has 0 saturated heterocycles. The molecule has 2 aromatic carbocycles. The average Bonchev–Trinajstić information content (AvgIpc) is 2.90. The first kappa shape index (κ1) is 18.8. The number of nitrogens with two attached hydrogens (primary N) is 1. The summed E-state index contributed by atoms with van der Waals surface area (Å²) in [5, 5.41) is 18.7. The summed E-state index contributed by atoms with van der Waals surface area (Å²) in [5.41, 5.74) is 5.35. The third kappa shape index (κ3) is 3.20. The highest BCUT2D eigenvalue weighted by Gasteiger charge is 2.43. The van der Waals surface area contributed by atoms with E-state index in [4.69, 9.17) is 10.8 Å². The standard InChI is InChI=1S/C19H14N2O7/c20-15(22)10-3-1-2-9(6-10)7-14(19(27)28)21-16(23)12-5-4-11(18(25)26)8-13(12)17(21)24/h1-6,8,14H,7H2,(H2,20,22)(H,25,26)(H,27,28)/t14-/m1/s1. The molecule has 0 bridgehead atoms. The number of rotatable bonds is 6. The number of carbonyl (C=O) groups excluding carboxylic acids is 3. The number of primary amides is 1. The molecule has 0 spiro atoms. The van der Waals surface area contributed by atoms with Gasteiger partial charge in [-0.1, -0.05) is 12.1 Å². The molecule has 2 aromatic rings. The Kier molecular flexibility index (Phi) is 4.66. The molecule has 0 fully saturated rings. The normalized spacial score (nSPS) is 13.9. The number of benzene rings is 2. The van der Waals surface area contributed by atoms with Gasteiger partial charge >= 0.3 is 11.9 Å². The number of hydrogen-bond acceptors (Lipinski definition) is 5. The molecule has 0 aliphatic carbocycles. The molecule has 0 radical (unpaired) electrons. The summed E-state index contributed by atoms with van der Waals surface area (Å²) >= 11 is 0. The fourth-order valence-electron chi connectivity index (χ4n) is 3.04. The lowest BCUT2D eigenvalue weighted by Crippen LogP contribution is -2.46. The molecule has 0 saturated carbocycles. The Hall–Kier alpha value is -4.01. The SMILES string of the molecule is NC(=O)c1cccc(C[C@H](C(=O)O)N2C(=O)c3ccc(C(=O)O)cc3C2=O)c1. The lowest BCUT2D eigenvalue weighted by atomic mass is 10.0. The van der Waals surface area contributed by atoms with E-state index in [1.165, 1.54) is 30.3 Å². The van der Waals surface area contributed by atoms with Crippen molar-refractivity contribution in [2.24, 2.45) is 5.73 Å². The highest BCUT2D eigenvalue weighted by molar-refractivity contribution is 6.23. The second kappa shape index (κ2) is 6.95. The predicted molar refractivity (Wildman–Crippen MR) is 94.0 cm³/mol. The van der Waals surface area contributed by atoms with Crippen LogP contribution in [0.5, 0.6) is 0 Å². The van der Waals surface area contributed by atoms with Crippen molar-refractivity contribution in [3.05, 3.63) is 70.3 Å². The number of fused-ring (bicyclic) bond motifs is 1. The fraction of sp³-hybridized carbons (Fsp3) is 0.105. The first-order chi connectivity index (χ1) is 13.2. The predicted octanol–water partition coefficient (Wildman–Crippen LogP) is 0.776. The van der Waals surface area contributed by atoms with E-state index in [0.717, 1.165) is 6.07 Å². The second-order valence-electron chi connectivity index (χ2n) is 6.17. The number of nitrogens with zero attached hydrogens (tertiary/aromatic N) is 1. The quantitative estimate of drug-likeness (QED) is 0.623. The summed E-state index contributed by atoms with van der Waals surface area (Å²) in [4.78, 5) is 60.1. The molecule has 1 aliphatic heterocycles. The molecule has 28 heavy (non-hydrogen) atoms. The lowest BCUT2D eigenvalue weighted by Gasteiger charge is -2.22. The van der Waals surface area contributed by atoms with Crippen LogP contribution < -0.4 is 5.73 Å². The van der Waals surface area contributed by atoms with E-state index in [-0.39, 0.29) is 28.7 Å². The largest absolute Gasteiger partial charge is 0.480 e. The van der Waals surface area contributed by atoms with Crippen LogP contribution in [0.4, 0.5) is 0 Å². The van der Waals surface area contributed by atoms with Crippen LogP contribution in [0.1, 0.15) is 47.0 Å². The number of aliphatic carboxylic acids is 1. The van der Waals surface area contributed by atoms with Gasteiger partial charge in [0.2, 0.25) is 5.91 Å². The fourth-order valence-corrected chi connectivity index (χ4v) is 3.04. The van der Waals surface area contributed by atoms with Gasteiger partial charge in [-0.2, -0.15) is 0 Å². The van der Waals surface area contributed by atoms with Crippen LogP contribution in [0.15, 0.2) is 42.5 Å². The Morgan fingerprint density at radius 2 is 1.61 bits per heavy atom. The molecule has 3 amide bonds. The van der Waals surface area contributed by atoms with Gasteiger partial charge in [0.25, 0.3) is 11.8 Å². The molecule has 0 unspecified atom stereocenters. The van der Waals surface area contributed by atoms with Gasteiger partial charge in [-0.3, -0.25) is 19.3 Å². The zero-order valence-electron chi connectivity index (χ0n) is 14.3. The average molecular weight is 382 g/mol. The number of amides is 3. The van der Waals surface area contributed by atoms with Crippen molar-refractivity contribution in [1.29, 1.82) is 0 Å². The van der Waals surface area contributed by atoms with Gasteiger partial charge in [0, 0.05) is 12.0 Å². The third-order valence-electron chi connectivity index (χ3n) is 4.40. The van der Waals surface area contributed by atoms with Crippen molar-refractivity contribution >= 4 is 29.7 Å². The maximum absolute atomic E-state index is 12.7. The van der Waals surface area contributed by atoms with E-state index in [1.807, 2.05) is 0 Å². The molecule has 0 aromatic heterocycles. The van der Waals surface area contributed by atoms with E-state index in [0.29, 0.717) is 10.5 Å². The molecular weight excluding hydrogens is 368 g/mol. The smallest absolute Gasteiger partial charge is 0.335 e. The van der Waals surface area contributed by atoms with Crippen LogP contribution in [0.2, 0.25) is 0 Å². The number of aromatic carboxylic acids is 1. The molecule has 1 heterocycles. The van der Waals surface area contributed by atoms with Crippen molar-refractivity contribution in [2.45, 2.75) is 12.5 Å². The minimum Gasteiger partial charge on any atom is -0.480 e. The van der Waals surface area contributed by atoms with Gasteiger partial charge in [0.1, 0.15) is 6.04 Å². The zero-order chi connectivity index (χ0) is 20.6. The number of imide groups is 1. The maximum atomic E-state index is 12.7. The molecule has 1 aliphatic rings. The van der Waals surface area contributed by atoms with Crippen molar-refractivity contribution in [1.82, 2.24) is 4.90 Å². The number of carboxylic acid groups (broad SMARTS) is 2. The van der Waals surface area contributed by atoms with Crippen molar-refractivity contribution in [3.8, 4) is 0 Å². The van der Waals surface area contributed by atoms with Crippen LogP contribution in [0.3, 0.4) is 0 Å². The summed E-state index contributed by atoms with van der Waals surface area (Å²) in [6, 6.07) is 7.76. The molecule has 4 N–H and O–H groups in total. The zero-order valence-corrected chi connectivity index (χ0v) is 14.3. The summed E-state index contributed by atoms with van der Waals surface area (Å²) in [5.74, 6) is -5.11. The molecule has 3 rings (SSSR count). The van der Waals surface area contributed by atoms with E-state index < -0.39 is 35.7 Å². The highest BCUT2D eigenvalue weighted by atomic mass is 16.4. The van der Waals surface area contributed by atoms with Gasteiger partial charge < -0.3 is 15.9 Å². The number of carbonyl (C=O) groups is 5. The van der Waals surface area contributed by atoms with Crippen molar-refractivity contribution in [3.63, 3.8) is 0 Å². The third-order valence-corrected chi connectivity index (χ3v) is 4.40. The Bertz CT molecular complexity index is 1040. The second-order valence-corrected chi connectivity index (χ2v) is 6.17. The molecule has 1 atom stereocenters. The summed E-state index contributed by atoms with van der Waals surface area (Å²) < 4.78 is 0. The Balaban J connectivity index is 1.97. The molecule has 9 heteroatoms. The van der Waals surface area contributed by atoms with Crippen LogP contribution in [0.25, 0.3) is 0 Å². The van der Waals surface area contributed by atoms with Gasteiger partial charge in [0.05, 0.1) is 16.7 Å². The minimum atomic E-state index is -1.54. The van der Waals surface area contributed by atoms with E-state index in [9.17, 15) is 29.1 Å². The number of hydrogen-bond donors (Lipinski definition) is 3. The number of carboxylic acids is 2. The van der Waals surface area contributed by atoms with Gasteiger partial charge in [-0.25, -0.2) is 9.59 Å². The topological polar surface area (TPSA) is 155 Å². The van der Waals surface area contributed by atoms with E-state index in [1.54, 1.807) is 6.07 Å². The van der Waals surface area contributed by atoms with Crippen LogP contribution >= 0.6 is 0 Å². The van der Waals surface area contributed by atoms with Crippen molar-refractivity contribution in [2.75, 3.05) is 0 Å².